The molecule has 7 nitrogen and oxygen atoms in total. The van der Waals surface area contributed by atoms with Crippen LogP contribution in [-0.4, -0.2) is 60.5 Å². The van der Waals surface area contributed by atoms with Crippen molar-refractivity contribution >= 4 is 29.2 Å². The van der Waals surface area contributed by atoms with Gasteiger partial charge in [0.1, 0.15) is 0 Å². The van der Waals surface area contributed by atoms with Crippen molar-refractivity contribution in [3.05, 3.63) is 60.2 Å². The number of amides is 2. The highest BCUT2D eigenvalue weighted by atomic mass is 16.4. The summed E-state index contributed by atoms with van der Waals surface area (Å²) in [5.41, 5.74) is 2.46. The summed E-state index contributed by atoms with van der Waals surface area (Å²) in [4.78, 5) is 41.4. The zero-order chi connectivity index (χ0) is 20.4. The lowest BCUT2D eigenvalue weighted by molar-refractivity contribution is -0.141. The molecule has 29 heavy (non-hydrogen) atoms. The standard InChI is InChI=1S/C22H23N3O4/c26-20-14-17(22(28)29)15-25(20)19-8-6-18(7-9-19)23-10-12-24(13-11-23)21(27)16-4-2-1-3-5-16/h1-9,17H,10-15H2,(H,28,29)/t17-/m1/s1. The number of hydrogen-bond donors (Lipinski definition) is 1. The summed E-state index contributed by atoms with van der Waals surface area (Å²) in [6.07, 6.45) is 0.0501. The van der Waals surface area contributed by atoms with Crippen molar-refractivity contribution in [2.45, 2.75) is 6.42 Å². The van der Waals surface area contributed by atoms with Crippen LogP contribution < -0.4 is 9.80 Å². The average molecular weight is 393 g/mol. The highest BCUT2D eigenvalue weighted by Gasteiger charge is 2.35. The van der Waals surface area contributed by atoms with E-state index in [0.29, 0.717) is 18.7 Å². The maximum atomic E-state index is 12.6. The molecule has 4 rings (SSSR count). The van der Waals surface area contributed by atoms with E-state index in [9.17, 15) is 14.4 Å². The molecule has 0 unspecified atom stereocenters. The van der Waals surface area contributed by atoms with Gasteiger partial charge < -0.3 is 19.8 Å². The zero-order valence-electron chi connectivity index (χ0n) is 16.0. The van der Waals surface area contributed by atoms with Crippen LogP contribution in [-0.2, 0) is 9.59 Å². The molecule has 2 amide bonds. The lowest BCUT2D eigenvalue weighted by Crippen LogP contribution is -2.48. The largest absolute Gasteiger partial charge is 0.481 e. The number of nitrogens with zero attached hydrogens (tertiary/aromatic N) is 3. The van der Waals surface area contributed by atoms with Gasteiger partial charge in [0.25, 0.3) is 5.91 Å². The molecule has 7 heteroatoms. The highest BCUT2D eigenvalue weighted by Crippen LogP contribution is 2.28. The van der Waals surface area contributed by atoms with Crippen molar-refractivity contribution in [2.75, 3.05) is 42.5 Å². The molecule has 2 aliphatic rings. The first-order valence-corrected chi connectivity index (χ1v) is 9.75. The number of carbonyl (C=O) groups is 3. The van der Waals surface area contributed by atoms with Gasteiger partial charge in [-0.05, 0) is 36.4 Å². The highest BCUT2D eigenvalue weighted by molar-refractivity contribution is 5.99. The summed E-state index contributed by atoms with van der Waals surface area (Å²) in [5, 5.41) is 9.13. The maximum Gasteiger partial charge on any atom is 0.308 e. The minimum Gasteiger partial charge on any atom is -0.481 e. The van der Waals surface area contributed by atoms with Crippen molar-refractivity contribution < 1.29 is 19.5 Å². The van der Waals surface area contributed by atoms with Crippen LogP contribution in [0.15, 0.2) is 54.6 Å². The van der Waals surface area contributed by atoms with Crippen molar-refractivity contribution in [3.63, 3.8) is 0 Å². The van der Waals surface area contributed by atoms with Crippen molar-refractivity contribution in [2.24, 2.45) is 5.92 Å². The Morgan fingerprint density at radius 1 is 0.862 bits per heavy atom. The van der Waals surface area contributed by atoms with Gasteiger partial charge in [-0.3, -0.25) is 14.4 Å². The molecule has 2 saturated heterocycles. The van der Waals surface area contributed by atoms with Gasteiger partial charge in [0.2, 0.25) is 5.91 Å². The molecule has 2 aromatic rings. The Hall–Kier alpha value is -3.35. The summed E-state index contributed by atoms with van der Waals surface area (Å²) in [5.74, 6) is -1.67. The minimum absolute atomic E-state index is 0.0501. The van der Waals surface area contributed by atoms with E-state index in [-0.39, 0.29) is 24.8 Å². The Morgan fingerprint density at radius 2 is 1.48 bits per heavy atom. The second-order valence-corrected chi connectivity index (χ2v) is 7.41. The molecule has 1 N–H and O–H groups in total. The number of aliphatic carboxylic acids is 1. The smallest absolute Gasteiger partial charge is 0.308 e. The first-order valence-electron chi connectivity index (χ1n) is 9.75. The fourth-order valence-corrected chi connectivity index (χ4v) is 3.90. The third-order valence-corrected chi connectivity index (χ3v) is 5.59. The fraction of sp³-hybridized carbons (Fsp3) is 0.318. The number of carboxylic acid groups (broad SMARTS) is 1. The Bertz CT molecular complexity index is 905. The Kier molecular flexibility index (Phi) is 5.20. The van der Waals surface area contributed by atoms with E-state index in [1.807, 2.05) is 59.5 Å². The van der Waals surface area contributed by atoms with Crippen LogP contribution in [0, 0.1) is 5.92 Å². The molecule has 0 bridgehead atoms. The monoisotopic (exact) mass is 393 g/mol. The van der Waals surface area contributed by atoms with Crippen LogP contribution in [0.5, 0.6) is 0 Å². The van der Waals surface area contributed by atoms with E-state index >= 15 is 0 Å². The van der Waals surface area contributed by atoms with Crippen molar-refractivity contribution in [1.82, 2.24) is 4.90 Å². The summed E-state index contributed by atoms with van der Waals surface area (Å²) >= 11 is 0. The third kappa shape index (κ3) is 3.94. The van der Waals surface area contributed by atoms with Crippen LogP contribution in [0.4, 0.5) is 11.4 Å². The number of carbonyl (C=O) groups excluding carboxylic acids is 2. The number of hydrogen-bond acceptors (Lipinski definition) is 4. The normalized spacial score (nSPS) is 19.5. The lowest BCUT2D eigenvalue weighted by Gasteiger charge is -2.36. The molecule has 0 radical (unpaired) electrons. The molecule has 1 atom stereocenters. The van der Waals surface area contributed by atoms with Crippen LogP contribution in [0.3, 0.4) is 0 Å². The van der Waals surface area contributed by atoms with Crippen molar-refractivity contribution in [1.29, 1.82) is 0 Å². The molecule has 2 fully saturated rings. The zero-order valence-corrected chi connectivity index (χ0v) is 16.0. The van der Waals surface area contributed by atoms with Gasteiger partial charge >= 0.3 is 5.97 Å². The molecule has 2 aliphatic heterocycles. The number of carboxylic acids is 1. The van der Waals surface area contributed by atoms with E-state index in [4.69, 9.17) is 5.11 Å². The predicted octanol–water partition coefficient (Wildman–Crippen LogP) is 2.09. The number of rotatable bonds is 4. The average Bonchev–Trinajstić information content (AvgIpc) is 3.16. The SMILES string of the molecule is O=C(O)[C@@H]1CC(=O)N(c2ccc(N3CCN(C(=O)c4ccccc4)CC3)cc2)C1. The summed E-state index contributed by atoms with van der Waals surface area (Å²) < 4.78 is 0. The van der Waals surface area contributed by atoms with E-state index < -0.39 is 11.9 Å². The molecule has 0 spiro atoms. The van der Waals surface area contributed by atoms with Gasteiger partial charge in [0, 0.05) is 56.1 Å². The summed E-state index contributed by atoms with van der Waals surface area (Å²) in [6.45, 7) is 3.00. The Morgan fingerprint density at radius 3 is 2.07 bits per heavy atom. The van der Waals surface area contributed by atoms with Gasteiger partial charge in [-0.15, -0.1) is 0 Å². The number of anilines is 2. The molecule has 2 aromatic carbocycles. The van der Waals surface area contributed by atoms with Gasteiger partial charge in [0.05, 0.1) is 5.92 Å². The van der Waals surface area contributed by atoms with Gasteiger partial charge in [0.15, 0.2) is 0 Å². The molecule has 0 aliphatic carbocycles. The molecular formula is C22H23N3O4. The molecule has 150 valence electrons. The third-order valence-electron chi connectivity index (χ3n) is 5.59. The van der Waals surface area contributed by atoms with E-state index in [1.165, 1.54) is 0 Å². The van der Waals surface area contributed by atoms with Crippen LogP contribution in [0.2, 0.25) is 0 Å². The quantitative estimate of drug-likeness (QED) is 0.860. The second-order valence-electron chi connectivity index (χ2n) is 7.41. The Labute approximate surface area is 169 Å². The van der Waals surface area contributed by atoms with Crippen LogP contribution in [0.25, 0.3) is 0 Å². The van der Waals surface area contributed by atoms with Gasteiger partial charge in [-0.25, -0.2) is 0 Å². The molecular weight excluding hydrogens is 370 g/mol. The van der Waals surface area contributed by atoms with E-state index in [2.05, 4.69) is 4.90 Å². The first kappa shape index (κ1) is 19.0. The van der Waals surface area contributed by atoms with Crippen LogP contribution in [0.1, 0.15) is 16.8 Å². The summed E-state index contributed by atoms with van der Waals surface area (Å²) in [6, 6.07) is 16.9. The van der Waals surface area contributed by atoms with Crippen LogP contribution >= 0.6 is 0 Å². The molecule has 2 heterocycles. The summed E-state index contributed by atoms with van der Waals surface area (Å²) in [7, 11) is 0. The van der Waals surface area contributed by atoms with Gasteiger partial charge in [-0.1, -0.05) is 18.2 Å². The number of piperazine rings is 1. The predicted molar refractivity (Wildman–Crippen MR) is 109 cm³/mol. The molecule has 0 saturated carbocycles. The van der Waals surface area contributed by atoms with E-state index in [1.54, 1.807) is 4.90 Å². The topological polar surface area (TPSA) is 81.2 Å². The molecule has 0 aromatic heterocycles. The van der Waals surface area contributed by atoms with Gasteiger partial charge in [-0.2, -0.15) is 0 Å². The second kappa shape index (κ2) is 7.95. The van der Waals surface area contributed by atoms with E-state index in [0.717, 1.165) is 24.5 Å². The lowest BCUT2D eigenvalue weighted by atomic mass is 10.1. The first-order chi connectivity index (χ1) is 14.0. The number of benzene rings is 2. The fourth-order valence-electron chi connectivity index (χ4n) is 3.90. The Balaban J connectivity index is 1.37. The van der Waals surface area contributed by atoms with Crippen molar-refractivity contribution in [3.8, 4) is 0 Å². The minimum atomic E-state index is -0.930. The maximum absolute atomic E-state index is 12.6.